The second-order valence-electron chi connectivity index (χ2n) is 5.28. The summed E-state index contributed by atoms with van der Waals surface area (Å²) in [7, 11) is -4.07. The van der Waals surface area contributed by atoms with Crippen molar-refractivity contribution in [3.8, 4) is 0 Å². The van der Waals surface area contributed by atoms with Gasteiger partial charge < -0.3 is 10.4 Å². The van der Waals surface area contributed by atoms with Gasteiger partial charge in [0.1, 0.15) is 11.3 Å². The summed E-state index contributed by atoms with van der Waals surface area (Å²) in [5.41, 5.74) is 0.789. The van der Waals surface area contributed by atoms with Gasteiger partial charge in [0.25, 0.3) is 0 Å². The van der Waals surface area contributed by atoms with E-state index in [4.69, 9.17) is 16.7 Å². The van der Waals surface area contributed by atoms with E-state index in [1.54, 1.807) is 0 Å². The second-order valence-corrected chi connectivity index (χ2v) is 7.94. The first-order valence-electron chi connectivity index (χ1n) is 6.66. The topological polar surface area (TPSA) is 118 Å². The predicted octanol–water partition coefficient (Wildman–Crippen LogP) is 0.452. The number of amides is 1. The Morgan fingerprint density at radius 1 is 1.43 bits per heavy atom. The van der Waals surface area contributed by atoms with Crippen LogP contribution in [-0.2, 0) is 25.8 Å². The molecule has 0 fully saturated rings. The number of aliphatic carboxylic acids is 1. The zero-order chi connectivity index (χ0) is 17.4. The van der Waals surface area contributed by atoms with Crippen molar-refractivity contribution in [2.75, 3.05) is 5.75 Å². The average Bonchev–Trinajstić information content (AvgIpc) is 2.74. The van der Waals surface area contributed by atoms with Gasteiger partial charge in [0, 0.05) is 17.5 Å². The molecule has 124 valence electrons. The lowest BCUT2D eigenvalue weighted by atomic mass is 10.1. The van der Waals surface area contributed by atoms with E-state index in [0.717, 1.165) is 6.92 Å². The molecule has 1 aliphatic rings. The summed E-state index contributed by atoms with van der Waals surface area (Å²) >= 11 is 5.83. The van der Waals surface area contributed by atoms with Crippen LogP contribution in [0.5, 0.6) is 0 Å². The van der Waals surface area contributed by atoms with E-state index in [1.165, 1.54) is 18.2 Å². The van der Waals surface area contributed by atoms with E-state index >= 15 is 0 Å². The zero-order valence-electron chi connectivity index (χ0n) is 12.1. The largest absolute Gasteiger partial charge is 0.480 e. The van der Waals surface area contributed by atoms with Crippen molar-refractivity contribution < 1.29 is 27.9 Å². The van der Waals surface area contributed by atoms with Gasteiger partial charge in [-0.1, -0.05) is 11.6 Å². The molecule has 1 aromatic carbocycles. The third-order valence-corrected chi connectivity index (χ3v) is 5.82. The van der Waals surface area contributed by atoms with Crippen molar-refractivity contribution in [3.05, 3.63) is 34.3 Å². The minimum Gasteiger partial charge on any atom is -0.480 e. The number of carboxylic acid groups (broad SMARTS) is 1. The standard InChI is InChI=1S/C14H14ClNO6S/c1-7(17)16-11(14(19)20)6-23(21,22)12-5-8-4-9(15)2-3-10(8)13(12)18/h2-4,11-12H,5-6H2,1H3,(H,16,17)(H,19,20). The number of hydrogen-bond acceptors (Lipinski definition) is 5. The van der Waals surface area contributed by atoms with Gasteiger partial charge in [-0.05, 0) is 30.2 Å². The number of halogens is 1. The van der Waals surface area contributed by atoms with E-state index in [1.807, 2.05) is 0 Å². The molecule has 2 N–H and O–H groups in total. The maximum Gasteiger partial charge on any atom is 0.327 e. The Morgan fingerprint density at radius 2 is 2.09 bits per heavy atom. The number of Topliss-reactive ketones (excluding diaryl/α,β-unsaturated/α-hetero) is 1. The normalized spacial score (nSPS) is 18.3. The van der Waals surface area contributed by atoms with Crippen LogP contribution in [0.3, 0.4) is 0 Å². The number of nitrogens with one attached hydrogen (secondary N) is 1. The summed E-state index contributed by atoms with van der Waals surface area (Å²) in [5, 5.41) is 10.1. The van der Waals surface area contributed by atoms with E-state index in [9.17, 15) is 22.8 Å². The number of sulfone groups is 1. The monoisotopic (exact) mass is 359 g/mol. The van der Waals surface area contributed by atoms with Crippen molar-refractivity contribution in [1.82, 2.24) is 5.32 Å². The first kappa shape index (κ1) is 17.4. The molecule has 1 aromatic rings. The van der Waals surface area contributed by atoms with Crippen molar-refractivity contribution in [3.63, 3.8) is 0 Å². The Bertz CT molecular complexity index is 788. The van der Waals surface area contributed by atoms with Gasteiger partial charge >= 0.3 is 5.97 Å². The van der Waals surface area contributed by atoms with Crippen LogP contribution in [-0.4, -0.2) is 48.2 Å². The molecule has 0 heterocycles. The smallest absolute Gasteiger partial charge is 0.327 e. The fourth-order valence-electron chi connectivity index (χ4n) is 2.50. The molecule has 9 heteroatoms. The van der Waals surface area contributed by atoms with Crippen molar-refractivity contribution in [1.29, 1.82) is 0 Å². The van der Waals surface area contributed by atoms with Gasteiger partial charge in [-0.3, -0.25) is 9.59 Å². The molecule has 1 amide bonds. The number of rotatable bonds is 5. The van der Waals surface area contributed by atoms with Crippen LogP contribution in [0.1, 0.15) is 22.8 Å². The molecule has 0 saturated carbocycles. The number of carbonyl (C=O) groups is 3. The molecule has 0 saturated heterocycles. The van der Waals surface area contributed by atoms with Gasteiger partial charge in [0.2, 0.25) is 5.91 Å². The number of fused-ring (bicyclic) bond motifs is 1. The molecule has 0 aliphatic heterocycles. The highest BCUT2D eigenvalue weighted by Gasteiger charge is 2.42. The molecule has 0 spiro atoms. The van der Waals surface area contributed by atoms with E-state index < -0.39 is 44.5 Å². The van der Waals surface area contributed by atoms with Crippen molar-refractivity contribution in [2.24, 2.45) is 0 Å². The van der Waals surface area contributed by atoms with E-state index in [2.05, 4.69) is 5.32 Å². The summed E-state index contributed by atoms with van der Waals surface area (Å²) in [4.78, 5) is 34.4. The van der Waals surface area contributed by atoms with Gasteiger partial charge in [-0.15, -0.1) is 0 Å². The molecule has 0 bridgehead atoms. The van der Waals surface area contributed by atoms with Crippen LogP contribution in [0.25, 0.3) is 0 Å². The maximum atomic E-state index is 12.4. The number of benzene rings is 1. The number of hydrogen-bond donors (Lipinski definition) is 2. The molecule has 1 aliphatic carbocycles. The van der Waals surface area contributed by atoms with Crippen molar-refractivity contribution in [2.45, 2.75) is 24.6 Å². The maximum absolute atomic E-state index is 12.4. The van der Waals surface area contributed by atoms with Gasteiger partial charge in [-0.25, -0.2) is 13.2 Å². The number of carboxylic acids is 1. The van der Waals surface area contributed by atoms with Crippen LogP contribution in [0, 0.1) is 0 Å². The summed E-state index contributed by atoms with van der Waals surface area (Å²) in [6.45, 7) is 1.08. The highest BCUT2D eigenvalue weighted by Crippen LogP contribution is 2.29. The molecule has 0 radical (unpaired) electrons. The molecular weight excluding hydrogens is 346 g/mol. The van der Waals surface area contributed by atoms with Crippen molar-refractivity contribution >= 4 is 39.1 Å². The number of carbonyl (C=O) groups excluding carboxylic acids is 2. The third kappa shape index (κ3) is 3.70. The lowest BCUT2D eigenvalue weighted by Crippen LogP contribution is -2.47. The lowest BCUT2D eigenvalue weighted by molar-refractivity contribution is -0.140. The average molecular weight is 360 g/mol. The third-order valence-electron chi connectivity index (χ3n) is 3.54. The van der Waals surface area contributed by atoms with Gasteiger partial charge in [0.15, 0.2) is 15.6 Å². The highest BCUT2D eigenvalue weighted by molar-refractivity contribution is 7.92. The Labute approximate surface area is 137 Å². The number of ketones is 1. The molecule has 2 atom stereocenters. The van der Waals surface area contributed by atoms with Crippen LogP contribution < -0.4 is 5.32 Å². The molecule has 0 aromatic heterocycles. The first-order valence-corrected chi connectivity index (χ1v) is 8.75. The second kappa shape index (κ2) is 6.29. The van der Waals surface area contributed by atoms with Crippen LogP contribution in [0.15, 0.2) is 18.2 Å². The van der Waals surface area contributed by atoms with Gasteiger partial charge in [-0.2, -0.15) is 0 Å². The first-order chi connectivity index (χ1) is 10.6. The SMILES string of the molecule is CC(=O)NC(CS(=O)(=O)C1Cc2cc(Cl)ccc2C1=O)C(=O)O. The Hall–Kier alpha value is -1.93. The molecular formula is C14H14ClNO6S. The Kier molecular flexibility index (Phi) is 4.76. The zero-order valence-corrected chi connectivity index (χ0v) is 13.6. The van der Waals surface area contributed by atoms with E-state index in [0.29, 0.717) is 10.6 Å². The molecule has 7 nitrogen and oxygen atoms in total. The van der Waals surface area contributed by atoms with E-state index in [-0.39, 0.29) is 12.0 Å². The molecule has 2 rings (SSSR count). The summed E-state index contributed by atoms with van der Waals surface area (Å²) in [6, 6.07) is 2.87. The quantitative estimate of drug-likeness (QED) is 0.788. The van der Waals surface area contributed by atoms with Gasteiger partial charge in [0.05, 0.1) is 5.75 Å². The Morgan fingerprint density at radius 3 is 2.65 bits per heavy atom. The van der Waals surface area contributed by atoms with Crippen LogP contribution in [0.2, 0.25) is 5.02 Å². The Balaban J connectivity index is 2.26. The summed E-state index contributed by atoms with van der Waals surface area (Å²) in [6.07, 6.45) is -0.0521. The highest BCUT2D eigenvalue weighted by atomic mass is 35.5. The minimum atomic E-state index is -4.07. The van der Waals surface area contributed by atoms with Crippen LogP contribution in [0.4, 0.5) is 0 Å². The fourth-order valence-corrected chi connectivity index (χ4v) is 4.50. The molecule has 2 unspecified atom stereocenters. The minimum absolute atomic E-state index is 0.0521. The van der Waals surface area contributed by atoms with Crippen LogP contribution >= 0.6 is 11.6 Å². The fraction of sp³-hybridized carbons (Fsp3) is 0.357. The summed E-state index contributed by atoms with van der Waals surface area (Å²) in [5.74, 6) is -3.57. The predicted molar refractivity (Wildman–Crippen MR) is 82.3 cm³/mol. The molecule has 23 heavy (non-hydrogen) atoms. The lowest BCUT2D eigenvalue weighted by Gasteiger charge is -2.16. The summed E-state index contributed by atoms with van der Waals surface area (Å²) < 4.78 is 24.8.